The Morgan fingerprint density at radius 2 is 1.16 bits per heavy atom. The first kappa shape index (κ1) is 43.4. The van der Waals surface area contributed by atoms with Crippen LogP contribution in [0.3, 0.4) is 0 Å². The average molecular weight is 634 g/mol. The van der Waals surface area contributed by atoms with Gasteiger partial charge in [0.15, 0.2) is 0 Å². The molecule has 2 aromatic rings. The van der Waals surface area contributed by atoms with Gasteiger partial charge in [-0.15, -0.1) is 0 Å². The minimum atomic E-state index is 0. The zero-order valence-electron chi connectivity index (χ0n) is 29.6. The number of aryl methyl sites for hydroxylation is 4. The van der Waals surface area contributed by atoms with Crippen LogP contribution in [0.15, 0.2) is 34.3 Å². The summed E-state index contributed by atoms with van der Waals surface area (Å²) in [6.07, 6.45) is 21.6. The maximum atomic E-state index is 5.10. The SMILES string of the molecule is CCCCCCCCc1cc(N=CC(CC)=Nc2cc(CC)c(CC)c(CCCC)c2)cc(C)c1CCCC.[CH2-]C.[CH3-].[Ni+2]. The van der Waals surface area contributed by atoms with E-state index in [0.29, 0.717) is 0 Å². The van der Waals surface area contributed by atoms with Gasteiger partial charge in [0.05, 0.1) is 17.1 Å². The normalized spacial score (nSPS) is 11.1. The Balaban J connectivity index is 0. The van der Waals surface area contributed by atoms with Crippen LogP contribution in [0.4, 0.5) is 11.4 Å². The van der Waals surface area contributed by atoms with Crippen molar-refractivity contribution in [3.05, 3.63) is 72.0 Å². The molecule has 246 valence electrons. The Hall–Kier alpha value is -1.73. The summed E-state index contributed by atoms with van der Waals surface area (Å²) in [6, 6.07) is 9.29. The molecule has 0 N–H and O–H groups in total. The van der Waals surface area contributed by atoms with E-state index in [-0.39, 0.29) is 23.9 Å². The summed E-state index contributed by atoms with van der Waals surface area (Å²) in [5, 5.41) is 0. The first-order valence-corrected chi connectivity index (χ1v) is 17.1. The van der Waals surface area contributed by atoms with Crippen LogP contribution in [0.2, 0.25) is 0 Å². The van der Waals surface area contributed by atoms with E-state index in [9.17, 15) is 0 Å². The average Bonchev–Trinajstić information content (AvgIpc) is 2.99. The molecule has 3 heteroatoms. The molecule has 0 spiro atoms. The quantitative estimate of drug-likeness (QED) is 0.0637. The molecular formula is C40H66N2Ni. The third-order valence-electron chi connectivity index (χ3n) is 8.08. The van der Waals surface area contributed by atoms with Crippen LogP contribution in [0, 0.1) is 21.3 Å². The predicted molar refractivity (Wildman–Crippen MR) is 194 cm³/mol. The largest absolute Gasteiger partial charge is 2.00 e. The monoisotopic (exact) mass is 632 g/mol. The molecule has 0 aliphatic carbocycles. The van der Waals surface area contributed by atoms with Crippen LogP contribution in [-0.4, -0.2) is 11.9 Å². The van der Waals surface area contributed by atoms with Crippen LogP contribution < -0.4 is 0 Å². The molecule has 2 nitrogen and oxygen atoms in total. The first-order chi connectivity index (χ1) is 20.0. The third kappa shape index (κ3) is 15.7. The van der Waals surface area contributed by atoms with Gasteiger partial charge in [0.25, 0.3) is 0 Å². The van der Waals surface area contributed by atoms with E-state index >= 15 is 0 Å². The summed E-state index contributed by atoms with van der Waals surface area (Å²) in [6.45, 7) is 20.9. The topological polar surface area (TPSA) is 24.7 Å². The van der Waals surface area contributed by atoms with Crippen molar-refractivity contribution in [1.29, 1.82) is 0 Å². The van der Waals surface area contributed by atoms with Crippen LogP contribution in [0.5, 0.6) is 0 Å². The van der Waals surface area contributed by atoms with Crippen molar-refractivity contribution in [3.63, 3.8) is 0 Å². The molecule has 0 fully saturated rings. The number of hydrogen-bond donors (Lipinski definition) is 0. The van der Waals surface area contributed by atoms with Crippen LogP contribution in [0.1, 0.15) is 152 Å². The number of hydrogen-bond acceptors (Lipinski definition) is 2. The van der Waals surface area contributed by atoms with Gasteiger partial charge in [-0.25, -0.2) is 0 Å². The van der Waals surface area contributed by atoms with Gasteiger partial charge in [0.1, 0.15) is 0 Å². The van der Waals surface area contributed by atoms with Gasteiger partial charge < -0.3 is 14.4 Å². The predicted octanol–water partition coefficient (Wildman–Crippen LogP) is 12.9. The van der Waals surface area contributed by atoms with E-state index in [1.54, 1.807) is 12.5 Å². The van der Waals surface area contributed by atoms with Crippen LogP contribution in [-0.2, 0) is 48.6 Å². The van der Waals surface area contributed by atoms with Crippen molar-refractivity contribution in [2.75, 3.05) is 0 Å². The molecule has 43 heavy (non-hydrogen) atoms. The van der Waals surface area contributed by atoms with Crippen LogP contribution >= 0.6 is 0 Å². The minimum Gasteiger partial charge on any atom is -0.358 e. The van der Waals surface area contributed by atoms with Gasteiger partial charge in [-0.2, -0.15) is 6.92 Å². The Morgan fingerprint density at radius 1 is 0.628 bits per heavy atom. The van der Waals surface area contributed by atoms with Gasteiger partial charge in [-0.1, -0.05) is 86.5 Å². The number of unbranched alkanes of at least 4 members (excludes halogenated alkanes) is 7. The van der Waals surface area contributed by atoms with Crippen molar-refractivity contribution in [3.8, 4) is 0 Å². The van der Waals surface area contributed by atoms with Gasteiger partial charge in [0.2, 0.25) is 0 Å². The number of benzene rings is 2. The Morgan fingerprint density at radius 3 is 1.77 bits per heavy atom. The summed E-state index contributed by atoms with van der Waals surface area (Å²) in [7, 11) is 0. The van der Waals surface area contributed by atoms with Gasteiger partial charge in [0, 0.05) is 6.21 Å². The molecule has 0 aliphatic rings. The Bertz CT molecular complexity index is 1050. The number of nitrogens with zero attached hydrogens (tertiary/aromatic N) is 2. The zero-order valence-corrected chi connectivity index (χ0v) is 30.6. The van der Waals surface area contributed by atoms with E-state index in [1.807, 2.05) is 6.21 Å². The van der Waals surface area contributed by atoms with E-state index in [4.69, 9.17) is 9.98 Å². The second kappa shape index (κ2) is 26.7. The molecule has 0 aliphatic heterocycles. The molecular weight excluding hydrogens is 567 g/mol. The molecule has 0 aromatic heterocycles. The number of rotatable bonds is 19. The summed E-state index contributed by atoms with van der Waals surface area (Å²) in [5.74, 6) is 0. The van der Waals surface area contributed by atoms with Crippen LogP contribution in [0.25, 0.3) is 0 Å². The fourth-order valence-corrected chi connectivity index (χ4v) is 5.69. The maximum Gasteiger partial charge on any atom is 2.00 e. The maximum absolute atomic E-state index is 5.10. The summed E-state index contributed by atoms with van der Waals surface area (Å²) >= 11 is 0. The fourth-order valence-electron chi connectivity index (χ4n) is 5.69. The summed E-state index contributed by atoms with van der Waals surface area (Å²) in [4.78, 5) is 10.1. The molecule has 0 unspecified atom stereocenters. The summed E-state index contributed by atoms with van der Waals surface area (Å²) in [5.41, 5.74) is 12.2. The smallest absolute Gasteiger partial charge is 0.358 e. The number of aliphatic imine (C=N–C) groups is 2. The molecule has 2 rings (SSSR count). The van der Waals surface area contributed by atoms with E-state index < -0.39 is 0 Å². The van der Waals surface area contributed by atoms with E-state index in [1.165, 1.54) is 105 Å². The fraction of sp³-hybridized carbons (Fsp3) is 0.600. The van der Waals surface area contributed by atoms with Crippen molar-refractivity contribution in [1.82, 2.24) is 0 Å². The molecule has 0 atom stereocenters. The van der Waals surface area contributed by atoms with Crippen molar-refractivity contribution < 1.29 is 16.5 Å². The second-order valence-corrected chi connectivity index (χ2v) is 11.3. The molecule has 0 saturated heterocycles. The molecule has 2 aromatic carbocycles. The molecule has 0 bridgehead atoms. The molecule has 0 saturated carbocycles. The van der Waals surface area contributed by atoms with E-state index in [0.717, 1.165) is 42.8 Å². The Labute approximate surface area is 279 Å². The summed E-state index contributed by atoms with van der Waals surface area (Å²) < 4.78 is 0. The standard InChI is InChI=1S/C37H58N2.C2H5.CH3.Ni/c1-8-14-17-18-19-20-22-32-26-34(24-29(7)37(32)23-16-10-3)38-28-33(12-5)39-35-25-30(11-4)36(13-6)31(27-35)21-15-9-2;1-2;;/h24-28H,8-23H2,1-7H3;1H2,2H3;1H3;/q;2*-1;+2. The molecule has 0 amide bonds. The third-order valence-corrected chi connectivity index (χ3v) is 8.08. The van der Waals surface area contributed by atoms with Crippen molar-refractivity contribution in [2.24, 2.45) is 9.98 Å². The molecule has 0 heterocycles. The zero-order chi connectivity index (χ0) is 30.5. The second-order valence-electron chi connectivity index (χ2n) is 11.3. The minimum absolute atomic E-state index is 0. The van der Waals surface area contributed by atoms with Crippen molar-refractivity contribution >= 4 is 23.3 Å². The first-order valence-electron chi connectivity index (χ1n) is 17.1. The van der Waals surface area contributed by atoms with E-state index in [2.05, 4.69) is 79.7 Å². The molecule has 0 radical (unpaired) electrons. The van der Waals surface area contributed by atoms with Gasteiger partial charge in [-0.3, -0.25) is 9.98 Å². The van der Waals surface area contributed by atoms with Crippen molar-refractivity contribution in [2.45, 2.75) is 158 Å². The van der Waals surface area contributed by atoms with Gasteiger partial charge in [-0.05, 0) is 122 Å². The Kier molecular flexibility index (Phi) is 26.9. The van der Waals surface area contributed by atoms with Gasteiger partial charge >= 0.3 is 16.5 Å².